The second-order valence-corrected chi connectivity index (χ2v) is 13.7. The lowest BCUT2D eigenvalue weighted by Gasteiger charge is -2.20. The van der Waals surface area contributed by atoms with Crippen molar-refractivity contribution >= 4 is 38.0 Å². The molecule has 3 unspecified atom stereocenters. The van der Waals surface area contributed by atoms with Crippen LogP contribution >= 0.6 is 11.3 Å². The number of aromatic amines is 3. The van der Waals surface area contributed by atoms with E-state index in [0.717, 1.165) is 56.4 Å². The summed E-state index contributed by atoms with van der Waals surface area (Å²) in [5, 5.41) is 14.3. The first-order valence-corrected chi connectivity index (χ1v) is 16.7. The molecular weight excluding hydrogens is 587 g/mol. The third kappa shape index (κ3) is 4.93. The first-order chi connectivity index (χ1) is 22.1. The van der Waals surface area contributed by atoms with Gasteiger partial charge in [-0.05, 0) is 98.7 Å². The highest BCUT2D eigenvalue weighted by molar-refractivity contribution is 7.19. The second kappa shape index (κ2) is 11.6. The predicted octanol–water partition coefficient (Wildman–Crippen LogP) is 9.89. The van der Waals surface area contributed by atoms with Crippen molar-refractivity contribution in [1.29, 1.82) is 0 Å². The van der Waals surface area contributed by atoms with E-state index in [9.17, 15) is 9.90 Å². The smallest absolute Gasteiger partial charge is 0.161 e. The summed E-state index contributed by atoms with van der Waals surface area (Å²) < 4.78 is 1.24. The number of aliphatic hydroxyl groups is 1. The summed E-state index contributed by atoms with van der Waals surface area (Å²) in [5.74, 6) is -0.184. The van der Waals surface area contributed by atoms with E-state index in [1.807, 2.05) is 20.8 Å². The molecule has 46 heavy (non-hydrogen) atoms. The van der Waals surface area contributed by atoms with Gasteiger partial charge >= 0.3 is 0 Å². The highest BCUT2D eigenvalue weighted by Gasteiger charge is 2.31. The van der Waals surface area contributed by atoms with Crippen LogP contribution in [0, 0.1) is 27.7 Å². The van der Waals surface area contributed by atoms with Gasteiger partial charge in [0.15, 0.2) is 5.78 Å². The number of H-pyrrole nitrogens is 3. The Bertz CT molecular complexity index is 2200. The number of rotatable bonds is 8. The molecule has 7 aromatic rings. The molecule has 4 heterocycles. The summed E-state index contributed by atoms with van der Waals surface area (Å²) in [6.45, 7) is 11.7. The number of benzene rings is 3. The van der Waals surface area contributed by atoms with Crippen molar-refractivity contribution in [3.8, 4) is 0 Å². The average molecular weight is 626 g/mol. The van der Waals surface area contributed by atoms with Crippen molar-refractivity contribution in [2.24, 2.45) is 0 Å². The fraction of sp³-hybridized carbons (Fsp3) is 0.225. The summed E-state index contributed by atoms with van der Waals surface area (Å²) in [6, 6.07) is 30.2. The number of carbonyl (C=O) groups is 1. The number of thiophene rings is 1. The van der Waals surface area contributed by atoms with Gasteiger partial charge in [0.2, 0.25) is 0 Å². The minimum absolute atomic E-state index is 0.0673. The standard InChI is InChI=1S/C40H39N3O2S/c1-21-35(25(5)44)23(3)41-39(21)37(30-16-11-14-27-12-7-9-15-29(27)30)31-18-19-32(43-31)38(34-20-28-13-8-10-17-33(28)46-34)40-22(2)36(26(6)45)24(4)42-40/h7-20,26,37-38,41-43,45H,1-6H3. The van der Waals surface area contributed by atoms with Gasteiger partial charge in [-0.15, -0.1) is 11.3 Å². The molecule has 0 radical (unpaired) electrons. The fourth-order valence-corrected chi connectivity index (χ4v) is 8.83. The maximum Gasteiger partial charge on any atom is 0.161 e. The van der Waals surface area contributed by atoms with Crippen LogP contribution in [0.3, 0.4) is 0 Å². The second-order valence-electron chi connectivity index (χ2n) is 12.6. The maximum absolute atomic E-state index is 12.8. The topological polar surface area (TPSA) is 84.7 Å². The molecule has 3 aromatic carbocycles. The number of aromatic nitrogens is 3. The van der Waals surface area contributed by atoms with E-state index in [1.165, 1.54) is 31.3 Å². The van der Waals surface area contributed by atoms with Crippen LogP contribution < -0.4 is 0 Å². The van der Waals surface area contributed by atoms with E-state index in [2.05, 4.69) is 114 Å². The zero-order valence-electron chi connectivity index (χ0n) is 27.1. The number of Topliss-reactive ketones (excluding diaryl/α,β-unsaturated/α-hetero) is 1. The maximum atomic E-state index is 12.8. The Labute approximate surface area is 273 Å². The molecule has 0 fully saturated rings. The normalized spacial score (nSPS) is 13.8. The van der Waals surface area contributed by atoms with E-state index in [-0.39, 0.29) is 17.6 Å². The summed E-state index contributed by atoms with van der Waals surface area (Å²) in [7, 11) is 0. The number of hydrogen-bond acceptors (Lipinski definition) is 3. The number of carbonyl (C=O) groups excluding carboxylic acids is 1. The molecule has 0 aliphatic carbocycles. The zero-order valence-corrected chi connectivity index (χ0v) is 27.9. The fourth-order valence-electron chi connectivity index (χ4n) is 7.64. The molecule has 0 spiro atoms. The third-order valence-electron chi connectivity index (χ3n) is 9.57. The first-order valence-electron chi connectivity index (χ1n) is 15.9. The Hall–Kier alpha value is -4.65. The predicted molar refractivity (Wildman–Crippen MR) is 190 cm³/mol. The number of hydrogen-bond donors (Lipinski definition) is 4. The lowest BCUT2D eigenvalue weighted by Crippen LogP contribution is -2.09. The van der Waals surface area contributed by atoms with Gasteiger partial charge in [-0.25, -0.2) is 0 Å². The van der Waals surface area contributed by atoms with Gasteiger partial charge in [-0.1, -0.05) is 60.7 Å². The van der Waals surface area contributed by atoms with E-state index < -0.39 is 6.10 Å². The first kappa shape index (κ1) is 30.0. The van der Waals surface area contributed by atoms with E-state index in [4.69, 9.17) is 0 Å². The van der Waals surface area contributed by atoms with Crippen LogP contribution in [0.4, 0.5) is 0 Å². The number of aryl methyl sites for hydroxylation is 2. The largest absolute Gasteiger partial charge is 0.389 e. The molecule has 3 atom stereocenters. The SMILES string of the molecule is CC(=O)c1c(C)[nH]c(C(c2ccc(C(c3cc4ccccc4s3)c3[nH]c(C)c(C(C)O)c3C)[nH]2)c2cccc3ccccc23)c1C. The molecule has 4 aromatic heterocycles. The van der Waals surface area contributed by atoms with Crippen LogP contribution in [0.1, 0.15) is 103 Å². The van der Waals surface area contributed by atoms with Crippen molar-refractivity contribution in [3.05, 3.63) is 152 Å². The molecule has 0 aliphatic heterocycles. The molecule has 7 rings (SSSR count). The van der Waals surface area contributed by atoms with Crippen LogP contribution in [0.5, 0.6) is 0 Å². The van der Waals surface area contributed by atoms with Crippen LogP contribution in [-0.2, 0) is 0 Å². The van der Waals surface area contributed by atoms with Crippen molar-refractivity contribution in [2.45, 2.75) is 59.5 Å². The van der Waals surface area contributed by atoms with Crippen molar-refractivity contribution in [1.82, 2.24) is 15.0 Å². The Morgan fingerprint density at radius 3 is 2.02 bits per heavy atom. The minimum Gasteiger partial charge on any atom is -0.389 e. The number of ketones is 1. The monoisotopic (exact) mass is 625 g/mol. The average Bonchev–Trinajstić information content (AvgIpc) is 3.79. The van der Waals surface area contributed by atoms with E-state index in [0.29, 0.717) is 0 Å². The number of aliphatic hydroxyl groups excluding tert-OH is 1. The molecule has 0 bridgehead atoms. The third-order valence-corrected chi connectivity index (χ3v) is 10.8. The van der Waals surface area contributed by atoms with Crippen molar-refractivity contribution in [2.75, 3.05) is 0 Å². The Balaban J connectivity index is 1.46. The summed E-state index contributed by atoms with van der Waals surface area (Å²) >= 11 is 1.80. The Kier molecular flexibility index (Phi) is 7.58. The molecule has 0 aliphatic rings. The summed E-state index contributed by atoms with van der Waals surface area (Å²) in [5.41, 5.74) is 11.1. The zero-order chi connectivity index (χ0) is 32.3. The summed E-state index contributed by atoms with van der Waals surface area (Å²) in [4.78, 5) is 25.2. The Morgan fingerprint density at radius 1 is 0.717 bits per heavy atom. The van der Waals surface area contributed by atoms with Gasteiger partial charge in [-0.2, -0.15) is 0 Å². The van der Waals surface area contributed by atoms with Crippen LogP contribution in [0.2, 0.25) is 0 Å². The highest BCUT2D eigenvalue weighted by atomic mass is 32.1. The lowest BCUT2D eigenvalue weighted by atomic mass is 9.86. The van der Waals surface area contributed by atoms with Gasteiger partial charge in [0.1, 0.15) is 0 Å². The molecule has 5 nitrogen and oxygen atoms in total. The Morgan fingerprint density at radius 2 is 1.35 bits per heavy atom. The van der Waals surface area contributed by atoms with Crippen LogP contribution in [0.25, 0.3) is 20.9 Å². The van der Waals surface area contributed by atoms with Crippen molar-refractivity contribution < 1.29 is 9.90 Å². The molecule has 0 saturated carbocycles. The van der Waals surface area contributed by atoms with Gasteiger partial charge in [-0.3, -0.25) is 4.79 Å². The highest BCUT2D eigenvalue weighted by Crippen LogP contribution is 2.44. The van der Waals surface area contributed by atoms with Gasteiger partial charge in [0.25, 0.3) is 0 Å². The van der Waals surface area contributed by atoms with Crippen molar-refractivity contribution in [3.63, 3.8) is 0 Å². The van der Waals surface area contributed by atoms with E-state index in [1.54, 1.807) is 18.3 Å². The van der Waals surface area contributed by atoms with Crippen LogP contribution in [-0.4, -0.2) is 25.8 Å². The van der Waals surface area contributed by atoms with E-state index >= 15 is 0 Å². The molecular formula is C40H39N3O2S. The molecule has 0 amide bonds. The lowest BCUT2D eigenvalue weighted by molar-refractivity contribution is 0.101. The molecule has 4 N–H and O–H groups in total. The van der Waals surface area contributed by atoms with Gasteiger partial charge in [0, 0.05) is 54.9 Å². The molecule has 232 valence electrons. The molecule has 0 saturated heterocycles. The van der Waals surface area contributed by atoms with Crippen LogP contribution in [0.15, 0.2) is 84.9 Å². The minimum atomic E-state index is -0.572. The quantitative estimate of drug-likeness (QED) is 0.127. The number of fused-ring (bicyclic) bond motifs is 2. The summed E-state index contributed by atoms with van der Waals surface area (Å²) in [6.07, 6.45) is -0.572. The number of nitrogens with one attached hydrogen (secondary N) is 3. The molecule has 6 heteroatoms. The van der Waals surface area contributed by atoms with Gasteiger partial charge < -0.3 is 20.1 Å². The van der Waals surface area contributed by atoms with Gasteiger partial charge in [0.05, 0.1) is 17.9 Å².